The molecule has 20 heavy (non-hydrogen) atoms. The Hall–Kier alpha value is -1.88. The number of ether oxygens (including phenoxy) is 1. The van der Waals surface area contributed by atoms with E-state index >= 15 is 0 Å². The van der Waals surface area contributed by atoms with Gasteiger partial charge >= 0.3 is 6.01 Å². The van der Waals surface area contributed by atoms with Crippen LogP contribution in [0.2, 0.25) is 5.28 Å². The maximum Gasteiger partial charge on any atom is 0.322 e. The summed E-state index contributed by atoms with van der Waals surface area (Å²) < 4.78 is 5.44. The maximum atomic E-state index is 5.89. The molecule has 1 N–H and O–H groups in total. The summed E-state index contributed by atoms with van der Waals surface area (Å²) in [5.74, 6) is 0.370. The van der Waals surface area contributed by atoms with Gasteiger partial charge in [0.15, 0.2) is 0 Å². The lowest BCUT2D eigenvalue weighted by Crippen LogP contribution is -2.10. The van der Waals surface area contributed by atoms with Crippen molar-refractivity contribution in [2.45, 2.75) is 33.8 Å². The number of aromatic nitrogens is 3. The zero-order valence-electron chi connectivity index (χ0n) is 11.9. The average Bonchev–Trinajstić information content (AvgIpc) is 2.32. The summed E-state index contributed by atoms with van der Waals surface area (Å²) in [5, 5.41) is 3.24. The molecule has 6 heteroatoms. The molecule has 1 aromatic carbocycles. The smallest absolute Gasteiger partial charge is 0.322 e. The Labute approximate surface area is 123 Å². The van der Waals surface area contributed by atoms with Gasteiger partial charge in [0, 0.05) is 5.69 Å². The summed E-state index contributed by atoms with van der Waals surface area (Å²) in [6.07, 6.45) is -0.0259. The van der Waals surface area contributed by atoms with E-state index in [4.69, 9.17) is 16.3 Å². The van der Waals surface area contributed by atoms with Crippen LogP contribution < -0.4 is 10.1 Å². The lowest BCUT2D eigenvalue weighted by molar-refractivity contribution is 0.222. The molecule has 0 atom stereocenters. The Morgan fingerprint density at radius 2 is 1.90 bits per heavy atom. The molecule has 2 rings (SSSR count). The molecule has 0 fully saturated rings. The van der Waals surface area contributed by atoms with E-state index in [-0.39, 0.29) is 17.4 Å². The first kappa shape index (κ1) is 14.5. The van der Waals surface area contributed by atoms with Crippen molar-refractivity contribution in [2.24, 2.45) is 0 Å². The number of hydrogen-bond acceptors (Lipinski definition) is 5. The van der Waals surface area contributed by atoms with E-state index in [0.717, 1.165) is 16.8 Å². The van der Waals surface area contributed by atoms with Crippen LogP contribution in [0.1, 0.15) is 25.0 Å². The highest BCUT2D eigenvalue weighted by Crippen LogP contribution is 2.21. The molecular formula is C14H17ClN4O. The van der Waals surface area contributed by atoms with Crippen molar-refractivity contribution in [3.05, 3.63) is 34.6 Å². The van der Waals surface area contributed by atoms with Crippen LogP contribution in [0.5, 0.6) is 6.01 Å². The monoisotopic (exact) mass is 292 g/mol. The molecule has 0 spiro atoms. The van der Waals surface area contributed by atoms with Crippen LogP contribution in [-0.2, 0) is 0 Å². The first-order chi connectivity index (χ1) is 9.44. The lowest BCUT2D eigenvalue weighted by Gasteiger charge is -2.11. The quantitative estimate of drug-likeness (QED) is 0.931. The highest BCUT2D eigenvalue weighted by molar-refractivity contribution is 6.28. The van der Waals surface area contributed by atoms with Crippen LogP contribution >= 0.6 is 11.6 Å². The first-order valence-electron chi connectivity index (χ1n) is 6.36. The topological polar surface area (TPSA) is 59.9 Å². The third-order valence-corrected chi connectivity index (χ3v) is 2.74. The van der Waals surface area contributed by atoms with Gasteiger partial charge in [0.2, 0.25) is 11.2 Å². The third-order valence-electron chi connectivity index (χ3n) is 2.57. The predicted molar refractivity (Wildman–Crippen MR) is 79.8 cm³/mol. The summed E-state index contributed by atoms with van der Waals surface area (Å²) >= 11 is 5.89. The summed E-state index contributed by atoms with van der Waals surface area (Å²) in [6, 6.07) is 6.32. The average molecular weight is 293 g/mol. The van der Waals surface area contributed by atoms with Crippen LogP contribution in [0.3, 0.4) is 0 Å². The van der Waals surface area contributed by atoms with Gasteiger partial charge in [-0.15, -0.1) is 0 Å². The first-order valence-corrected chi connectivity index (χ1v) is 6.74. The molecule has 0 aliphatic carbocycles. The van der Waals surface area contributed by atoms with Crippen LogP contribution in [0.15, 0.2) is 18.2 Å². The van der Waals surface area contributed by atoms with Crippen molar-refractivity contribution in [2.75, 3.05) is 5.32 Å². The Morgan fingerprint density at radius 1 is 1.15 bits per heavy atom. The van der Waals surface area contributed by atoms with Gasteiger partial charge in [-0.25, -0.2) is 0 Å². The minimum Gasteiger partial charge on any atom is -0.461 e. The molecule has 0 saturated carbocycles. The second kappa shape index (κ2) is 6.05. The molecule has 106 valence electrons. The number of halogens is 1. The molecule has 5 nitrogen and oxygen atoms in total. The van der Waals surface area contributed by atoms with Crippen molar-refractivity contribution in [1.29, 1.82) is 0 Å². The van der Waals surface area contributed by atoms with E-state index in [9.17, 15) is 0 Å². The number of hydrogen-bond donors (Lipinski definition) is 1. The van der Waals surface area contributed by atoms with Crippen molar-refractivity contribution < 1.29 is 4.74 Å². The molecule has 1 aromatic heterocycles. The van der Waals surface area contributed by atoms with Crippen LogP contribution in [-0.4, -0.2) is 21.1 Å². The van der Waals surface area contributed by atoms with Gasteiger partial charge in [0.05, 0.1) is 6.10 Å². The van der Waals surface area contributed by atoms with Gasteiger partial charge in [-0.05, 0) is 56.5 Å². The molecule has 0 bridgehead atoms. The SMILES string of the molecule is Cc1ccc(C)c(Nc2nc(Cl)nc(OC(C)C)n2)c1. The van der Waals surface area contributed by atoms with Gasteiger partial charge in [-0.2, -0.15) is 15.0 Å². The largest absolute Gasteiger partial charge is 0.461 e. The minimum atomic E-state index is -0.0259. The zero-order chi connectivity index (χ0) is 14.7. The number of aryl methyl sites for hydroxylation is 2. The minimum absolute atomic E-state index is 0.0259. The molecule has 0 saturated heterocycles. The Morgan fingerprint density at radius 3 is 2.60 bits per heavy atom. The second-order valence-corrected chi connectivity index (χ2v) is 5.16. The van der Waals surface area contributed by atoms with Crippen LogP contribution in [0.4, 0.5) is 11.6 Å². The fraction of sp³-hybridized carbons (Fsp3) is 0.357. The van der Waals surface area contributed by atoms with Gasteiger partial charge in [-0.1, -0.05) is 12.1 Å². The molecular weight excluding hydrogens is 276 g/mol. The predicted octanol–water partition coefficient (Wildman–Crippen LogP) is 3.67. The van der Waals surface area contributed by atoms with E-state index in [1.165, 1.54) is 0 Å². The molecule has 0 amide bonds. The van der Waals surface area contributed by atoms with Gasteiger partial charge < -0.3 is 10.1 Å². The van der Waals surface area contributed by atoms with Crippen molar-refractivity contribution in [3.63, 3.8) is 0 Å². The molecule has 0 aliphatic rings. The summed E-state index contributed by atoms with van der Waals surface area (Å²) in [6.45, 7) is 7.83. The lowest BCUT2D eigenvalue weighted by atomic mass is 10.1. The van der Waals surface area contributed by atoms with Crippen molar-refractivity contribution >= 4 is 23.2 Å². The van der Waals surface area contributed by atoms with Crippen molar-refractivity contribution in [3.8, 4) is 6.01 Å². The number of rotatable bonds is 4. The summed E-state index contributed by atoms with van der Waals surface area (Å²) in [4.78, 5) is 12.2. The zero-order valence-corrected chi connectivity index (χ0v) is 12.7. The molecule has 1 heterocycles. The van der Waals surface area contributed by atoms with E-state index in [2.05, 4.69) is 20.3 Å². The fourth-order valence-corrected chi connectivity index (χ4v) is 1.79. The van der Waals surface area contributed by atoms with E-state index < -0.39 is 0 Å². The number of anilines is 2. The fourth-order valence-electron chi connectivity index (χ4n) is 1.64. The maximum absolute atomic E-state index is 5.89. The molecule has 0 unspecified atom stereocenters. The normalized spacial score (nSPS) is 10.7. The Bertz CT molecular complexity index is 616. The van der Waals surface area contributed by atoms with Gasteiger partial charge in [-0.3, -0.25) is 0 Å². The van der Waals surface area contributed by atoms with E-state index in [1.54, 1.807) is 0 Å². The third kappa shape index (κ3) is 3.81. The van der Waals surface area contributed by atoms with E-state index in [0.29, 0.717) is 5.95 Å². The number of nitrogens with zero attached hydrogens (tertiary/aromatic N) is 3. The second-order valence-electron chi connectivity index (χ2n) is 4.82. The summed E-state index contributed by atoms with van der Waals surface area (Å²) in [5.41, 5.74) is 3.18. The Kier molecular flexibility index (Phi) is 4.39. The van der Waals surface area contributed by atoms with Crippen molar-refractivity contribution in [1.82, 2.24) is 15.0 Å². The van der Waals surface area contributed by atoms with Crippen LogP contribution in [0, 0.1) is 13.8 Å². The molecule has 0 aliphatic heterocycles. The summed E-state index contributed by atoms with van der Waals surface area (Å²) in [7, 11) is 0. The molecule has 0 radical (unpaired) electrons. The van der Waals surface area contributed by atoms with Gasteiger partial charge in [0.25, 0.3) is 0 Å². The molecule has 2 aromatic rings. The Balaban J connectivity index is 2.28. The highest BCUT2D eigenvalue weighted by atomic mass is 35.5. The van der Waals surface area contributed by atoms with Gasteiger partial charge in [0.1, 0.15) is 0 Å². The number of nitrogens with one attached hydrogen (secondary N) is 1. The van der Waals surface area contributed by atoms with E-state index in [1.807, 2.05) is 45.9 Å². The highest BCUT2D eigenvalue weighted by Gasteiger charge is 2.09. The number of benzene rings is 1. The van der Waals surface area contributed by atoms with Crippen LogP contribution in [0.25, 0.3) is 0 Å². The standard InChI is InChI=1S/C14H17ClN4O/c1-8(2)20-14-18-12(15)17-13(19-14)16-11-7-9(3)5-6-10(11)4/h5-8H,1-4H3,(H,16,17,18,19).